The Morgan fingerprint density at radius 2 is 2.06 bits per heavy atom. The normalized spacial score (nSPS) is 12.3. The average molecular weight is 241 g/mol. The van der Waals surface area contributed by atoms with Crippen LogP contribution in [0.1, 0.15) is 22.7 Å². The van der Waals surface area contributed by atoms with Crippen molar-refractivity contribution in [3.05, 3.63) is 59.3 Å². The SMILES string of the molecule is CNC(Cc1ccnc(N)c1)c1ccccc1C. The predicted molar refractivity (Wildman–Crippen MR) is 75.3 cm³/mol. The van der Waals surface area contributed by atoms with Crippen LogP contribution in [-0.4, -0.2) is 12.0 Å². The lowest BCUT2D eigenvalue weighted by atomic mass is 9.96. The summed E-state index contributed by atoms with van der Waals surface area (Å²) in [5.41, 5.74) is 9.55. The van der Waals surface area contributed by atoms with Crippen LogP contribution in [0.15, 0.2) is 42.6 Å². The summed E-state index contributed by atoms with van der Waals surface area (Å²) in [6, 6.07) is 12.7. The van der Waals surface area contributed by atoms with Crippen LogP contribution in [0.25, 0.3) is 0 Å². The number of anilines is 1. The van der Waals surface area contributed by atoms with Gasteiger partial charge in [-0.3, -0.25) is 0 Å². The molecule has 0 radical (unpaired) electrons. The van der Waals surface area contributed by atoms with Crippen molar-refractivity contribution >= 4 is 5.82 Å². The fourth-order valence-electron chi connectivity index (χ4n) is 2.20. The molecule has 0 saturated carbocycles. The van der Waals surface area contributed by atoms with Gasteiger partial charge in [0.15, 0.2) is 0 Å². The number of hydrogen-bond donors (Lipinski definition) is 2. The molecule has 0 aliphatic rings. The molecule has 1 aromatic heterocycles. The lowest BCUT2D eigenvalue weighted by Gasteiger charge is -2.19. The second-order valence-corrected chi connectivity index (χ2v) is 4.49. The molecule has 94 valence electrons. The number of benzene rings is 1. The van der Waals surface area contributed by atoms with Crippen LogP contribution in [0.3, 0.4) is 0 Å². The number of rotatable bonds is 4. The van der Waals surface area contributed by atoms with Gasteiger partial charge in [0.25, 0.3) is 0 Å². The van der Waals surface area contributed by atoms with Crippen LogP contribution in [0.4, 0.5) is 5.82 Å². The molecule has 2 rings (SSSR count). The highest BCUT2D eigenvalue weighted by Crippen LogP contribution is 2.21. The Hall–Kier alpha value is -1.87. The van der Waals surface area contributed by atoms with Crippen molar-refractivity contribution in [2.45, 2.75) is 19.4 Å². The van der Waals surface area contributed by atoms with E-state index in [1.165, 1.54) is 16.7 Å². The molecule has 0 amide bonds. The van der Waals surface area contributed by atoms with Gasteiger partial charge in [0.1, 0.15) is 5.82 Å². The molecule has 1 atom stereocenters. The molecule has 0 fully saturated rings. The molecule has 0 spiro atoms. The Morgan fingerprint density at radius 3 is 2.72 bits per heavy atom. The summed E-state index contributed by atoms with van der Waals surface area (Å²) in [6.45, 7) is 2.14. The van der Waals surface area contributed by atoms with Crippen LogP contribution >= 0.6 is 0 Å². The molecule has 1 aromatic carbocycles. The number of hydrogen-bond acceptors (Lipinski definition) is 3. The lowest BCUT2D eigenvalue weighted by molar-refractivity contribution is 0.589. The van der Waals surface area contributed by atoms with Crippen molar-refractivity contribution in [1.29, 1.82) is 0 Å². The number of nitrogen functional groups attached to an aromatic ring is 1. The fraction of sp³-hybridized carbons (Fsp3) is 0.267. The third-order valence-electron chi connectivity index (χ3n) is 3.20. The number of nitrogens with zero attached hydrogens (tertiary/aromatic N) is 1. The monoisotopic (exact) mass is 241 g/mol. The van der Waals surface area contributed by atoms with E-state index in [1.807, 2.05) is 19.2 Å². The quantitative estimate of drug-likeness (QED) is 0.864. The van der Waals surface area contributed by atoms with Crippen molar-refractivity contribution in [3.63, 3.8) is 0 Å². The van der Waals surface area contributed by atoms with E-state index in [-0.39, 0.29) is 0 Å². The smallest absolute Gasteiger partial charge is 0.123 e. The Kier molecular flexibility index (Phi) is 3.95. The molecule has 0 bridgehead atoms. The van der Waals surface area contributed by atoms with Gasteiger partial charge >= 0.3 is 0 Å². The summed E-state index contributed by atoms with van der Waals surface area (Å²) in [6.07, 6.45) is 2.67. The lowest BCUT2D eigenvalue weighted by Crippen LogP contribution is -2.19. The van der Waals surface area contributed by atoms with Gasteiger partial charge in [-0.15, -0.1) is 0 Å². The van der Waals surface area contributed by atoms with Crippen LogP contribution in [0, 0.1) is 6.92 Å². The topological polar surface area (TPSA) is 50.9 Å². The van der Waals surface area contributed by atoms with Crippen molar-refractivity contribution in [2.75, 3.05) is 12.8 Å². The number of nitrogens with two attached hydrogens (primary N) is 1. The Bertz CT molecular complexity index is 523. The maximum Gasteiger partial charge on any atom is 0.123 e. The Balaban J connectivity index is 2.23. The first-order valence-electron chi connectivity index (χ1n) is 6.14. The summed E-state index contributed by atoms with van der Waals surface area (Å²) in [7, 11) is 1.99. The number of nitrogens with one attached hydrogen (secondary N) is 1. The molecule has 0 aliphatic heterocycles. The van der Waals surface area contributed by atoms with E-state index < -0.39 is 0 Å². The van der Waals surface area contributed by atoms with Gasteiger partial charge < -0.3 is 11.1 Å². The zero-order valence-corrected chi connectivity index (χ0v) is 10.9. The van der Waals surface area contributed by atoms with Gasteiger partial charge in [0.05, 0.1) is 0 Å². The molecular formula is C15H19N3. The van der Waals surface area contributed by atoms with Crippen LogP contribution in [-0.2, 0) is 6.42 Å². The molecule has 1 heterocycles. The van der Waals surface area contributed by atoms with E-state index in [9.17, 15) is 0 Å². The van der Waals surface area contributed by atoms with Gasteiger partial charge in [-0.05, 0) is 49.2 Å². The first-order valence-corrected chi connectivity index (χ1v) is 6.14. The van der Waals surface area contributed by atoms with Gasteiger partial charge in [-0.1, -0.05) is 24.3 Å². The van der Waals surface area contributed by atoms with Gasteiger partial charge in [0.2, 0.25) is 0 Å². The van der Waals surface area contributed by atoms with E-state index in [2.05, 4.69) is 41.5 Å². The van der Waals surface area contributed by atoms with Gasteiger partial charge in [0, 0.05) is 12.2 Å². The minimum Gasteiger partial charge on any atom is -0.384 e. The number of aryl methyl sites for hydroxylation is 1. The van der Waals surface area contributed by atoms with E-state index in [0.717, 1.165) is 6.42 Å². The fourth-order valence-corrected chi connectivity index (χ4v) is 2.20. The summed E-state index contributed by atoms with van der Waals surface area (Å²) >= 11 is 0. The molecule has 3 N–H and O–H groups in total. The van der Waals surface area contributed by atoms with E-state index in [1.54, 1.807) is 6.20 Å². The van der Waals surface area contributed by atoms with Crippen LogP contribution in [0.5, 0.6) is 0 Å². The highest BCUT2D eigenvalue weighted by molar-refractivity contribution is 5.35. The standard InChI is InChI=1S/C15H19N3/c1-11-5-3-4-6-13(11)14(17-2)9-12-7-8-18-15(16)10-12/h3-8,10,14,17H,9H2,1-2H3,(H2,16,18). The molecule has 3 nitrogen and oxygen atoms in total. The summed E-state index contributed by atoms with van der Waals surface area (Å²) in [5, 5.41) is 3.37. The number of likely N-dealkylation sites (N-methyl/N-ethyl adjacent to an activating group) is 1. The van der Waals surface area contributed by atoms with E-state index in [4.69, 9.17) is 5.73 Å². The summed E-state index contributed by atoms with van der Waals surface area (Å²) < 4.78 is 0. The molecule has 0 aliphatic carbocycles. The van der Waals surface area contributed by atoms with E-state index >= 15 is 0 Å². The third kappa shape index (κ3) is 2.87. The first-order chi connectivity index (χ1) is 8.70. The van der Waals surface area contributed by atoms with Crippen LogP contribution < -0.4 is 11.1 Å². The second-order valence-electron chi connectivity index (χ2n) is 4.49. The number of aromatic nitrogens is 1. The number of pyridine rings is 1. The van der Waals surface area contributed by atoms with Crippen molar-refractivity contribution < 1.29 is 0 Å². The maximum absolute atomic E-state index is 5.71. The largest absolute Gasteiger partial charge is 0.384 e. The van der Waals surface area contributed by atoms with Crippen LogP contribution in [0.2, 0.25) is 0 Å². The first kappa shape index (κ1) is 12.6. The van der Waals surface area contributed by atoms with Gasteiger partial charge in [-0.2, -0.15) is 0 Å². The minimum absolute atomic E-state index is 0.299. The van der Waals surface area contributed by atoms with Crippen molar-refractivity contribution in [3.8, 4) is 0 Å². The summed E-state index contributed by atoms with van der Waals surface area (Å²) in [5.74, 6) is 0.576. The third-order valence-corrected chi connectivity index (χ3v) is 3.20. The molecule has 2 aromatic rings. The average Bonchev–Trinajstić information content (AvgIpc) is 2.37. The van der Waals surface area contributed by atoms with E-state index in [0.29, 0.717) is 11.9 Å². The molecule has 0 saturated heterocycles. The summed E-state index contributed by atoms with van der Waals surface area (Å²) in [4.78, 5) is 4.02. The molecule has 1 unspecified atom stereocenters. The zero-order valence-electron chi connectivity index (χ0n) is 10.9. The van der Waals surface area contributed by atoms with Crippen molar-refractivity contribution in [2.24, 2.45) is 0 Å². The highest BCUT2D eigenvalue weighted by atomic mass is 14.9. The molecular weight excluding hydrogens is 222 g/mol. The predicted octanol–water partition coefficient (Wildman–Crippen LogP) is 2.48. The zero-order chi connectivity index (χ0) is 13.0. The molecule has 18 heavy (non-hydrogen) atoms. The Morgan fingerprint density at radius 1 is 1.28 bits per heavy atom. The minimum atomic E-state index is 0.299. The van der Waals surface area contributed by atoms with Crippen molar-refractivity contribution in [1.82, 2.24) is 10.3 Å². The van der Waals surface area contributed by atoms with Gasteiger partial charge in [-0.25, -0.2) is 4.98 Å². The Labute approximate surface area is 108 Å². The maximum atomic E-state index is 5.71. The highest BCUT2D eigenvalue weighted by Gasteiger charge is 2.12. The second kappa shape index (κ2) is 5.65. The molecule has 3 heteroatoms.